The van der Waals surface area contributed by atoms with Crippen LogP contribution in [0.4, 0.5) is 10.6 Å². The highest BCUT2D eigenvalue weighted by molar-refractivity contribution is 5.83. The molecular weight excluding hydrogens is 264 g/mol. The summed E-state index contributed by atoms with van der Waals surface area (Å²) < 4.78 is 6.04. The highest BCUT2D eigenvalue weighted by atomic mass is 16.5. The molecule has 0 saturated heterocycles. The van der Waals surface area contributed by atoms with Crippen LogP contribution in [0.2, 0.25) is 0 Å². The molecule has 0 fully saturated rings. The largest absolute Gasteiger partial charge is 0.450 e. The van der Waals surface area contributed by atoms with E-state index in [4.69, 9.17) is 4.74 Å². The second-order valence-electron chi connectivity index (χ2n) is 4.30. The summed E-state index contributed by atoms with van der Waals surface area (Å²) in [6.07, 6.45) is 0.859. The fraction of sp³-hybridized carbons (Fsp3) is 0.636. The molecule has 0 aliphatic carbocycles. The summed E-state index contributed by atoms with van der Waals surface area (Å²) in [5.74, 6) is 0.0731. The van der Waals surface area contributed by atoms with Gasteiger partial charge in [-0.15, -0.1) is 5.10 Å². The van der Waals surface area contributed by atoms with E-state index in [2.05, 4.69) is 20.9 Å². The Morgan fingerprint density at radius 1 is 1.45 bits per heavy atom. The van der Waals surface area contributed by atoms with Crippen molar-refractivity contribution in [2.75, 3.05) is 39.1 Å². The summed E-state index contributed by atoms with van der Waals surface area (Å²) in [6.45, 7) is 3.35. The van der Waals surface area contributed by atoms with Crippen LogP contribution in [0.5, 0.6) is 0 Å². The van der Waals surface area contributed by atoms with Gasteiger partial charge >= 0.3 is 6.09 Å². The monoisotopic (exact) mass is 284 g/mol. The molecule has 0 atom stereocenters. The fourth-order valence-corrected chi connectivity index (χ4v) is 1.33. The molecule has 1 aromatic rings. The van der Waals surface area contributed by atoms with E-state index in [1.54, 1.807) is 6.92 Å². The van der Waals surface area contributed by atoms with E-state index >= 15 is 0 Å². The number of nitrogens with one attached hydrogen (secondary N) is 2. The topological polar surface area (TPSA) is 101 Å². The van der Waals surface area contributed by atoms with Crippen LogP contribution in [-0.2, 0) is 16.1 Å². The number of carbonyl (C=O) groups excluding carboxylic acids is 2. The van der Waals surface area contributed by atoms with Gasteiger partial charge in [0.25, 0.3) is 0 Å². The number of aromatic nitrogens is 3. The van der Waals surface area contributed by atoms with Gasteiger partial charge in [0.2, 0.25) is 5.91 Å². The maximum Gasteiger partial charge on any atom is 0.412 e. The molecular formula is C11H20N6O3. The molecule has 0 aromatic carbocycles. The number of likely N-dealkylation sites (N-methyl/N-ethyl adjacent to an activating group) is 1. The smallest absolute Gasteiger partial charge is 0.412 e. The van der Waals surface area contributed by atoms with Gasteiger partial charge in [-0.1, -0.05) is 5.21 Å². The summed E-state index contributed by atoms with van der Waals surface area (Å²) >= 11 is 0. The lowest BCUT2D eigenvalue weighted by Gasteiger charge is -2.10. The molecule has 1 heterocycles. The van der Waals surface area contributed by atoms with E-state index in [0.717, 1.165) is 6.54 Å². The van der Waals surface area contributed by atoms with Crippen molar-refractivity contribution in [2.45, 2.75) is 13.5 Å². The molecule has 2 amide bonds. The molecule has 0 unspecified atom stereocenters. The first kappa shape index (κ1) is 15.9. The van der Waals surface area contributed by atoms with Crippen LogP contribution in [0.1, 0.15) is 6.92 Å². The molecule has 0 spiro atoms. The molecule has 0 saturated carbocycles. The lowest BCUT2D eigenvalue weighted by molar-refractivity contribution is -0.121. The molecule has 112 valence electrons. The van der Waals surface area contributed by atoms with Gasteiger partial charge in [0, 0.05) is 13.1 Å². The predicted molar refractivity (Wildman–Crippen MR) is 72.2 cm³/mol. The van der Waals surface area contributed by atoms with Crippen molar-refractivity contribution in [3.63, 3.8) is 0 Å². The number of hydrogen-bond donors (Lipinski definition) is 2. The minimum Gasteiger partial charge on any atom is -0.450 e. The lowest BCUT2D eigenvalue weighted by atomic mass is 10.5. The maximum atomic E-state index is 11.6. The molecule has 0 aliphatic heterocycles. The molecule has 9 heteroatoms. The van der Waals surface area contributed by atoms with Gasteiger partial charge in [-0.05, 0) is 21.0 Å². The quantitative estimate of drug-likeness (QED) is 0.701. The summed E-state index contributed by atoms with van der Waals surface area (Å²) in [5.41, 5.74) is 0. The SMILES string of the molecule is CCOC(=O)Nc1cn(CC(=O)NCCN(C)C)nn1. The average Bonchev–Trinajstić information content (AvgIpc) is 2.76. The second kappa shape index (κ2) is 8.10. The molecule has 2 N–H and O–H groups in total. The third kappa shape index (κ3) is 6.14. The Morgan fingerprint density at radius 3 is 2.85 bits per heavy atom. The van der Waals surface area contributed by atoms with Gasteiger partial charge < -0.3 is 15.0 Å². The van der Waals surface area contributed by atoms with Crippen LogP contribution < -0.4 is 10.6 Å². The fourth-order valence-electron chi connectivity index (χ4n) is 1.33. The highest BCUT2D eigenvalue weighted by Gasteiger charge is 2.08. The van der Waals surface area contributed by atoms with Gasteiger partial charge in [0.15, 0.2) is 5.82 Å². The van der Waals surface area contributed by atoms with Crippen molar-refractivity contribution >= 4 is 17.8 Å². The Labute approximate surface area is 117 Å². The van der Waals surface area contributed by atoms with Crippen LogP contribution in [0, 0.1) is 0 Å². The van der Waals surface area contributed by atoms with Crippen molar-refractivity contribution in [3.8, 4) is 0 Å². The Morgan fingerprint density at radius 2 is 2.20 bits per heavy atom. The average molecular weight is 284 g/mol. The number of hydrogen-bond acceptors (Lipinski definition) is 6. The maximum absolute atomic E-state index is 11.6. The van der Waals surface area contributed by atoms with Crippen LogP contribution >= 0.6 is 0 Å². The molecule has 9 nitrogen and oxygen atoms in total. The minimum absolute atomic E-state index is 0.0466. The number of amides is 2. The number of carbonyl (C=O) groups is 2. The zero-order chi connectivity index (χ0) is 15.0. The van der Waals surface area contributed by atoms with Gasteiger partial charge in [0.1, 0.15) is 6.54 Å². The van der Waals surface area contributed by atoms with Crippen molar-refractivity contribution in [1.29, 1.82) is 0 Å². The minimum atomic E-state index is -0.602. The van der Waals surface area contributed by atoms with Crippen molar-refractivity contribution in [2.24, 2.45) is 0 Å². The van der Waals surface area contributed by atoms with Crippen molar-refractivity contribution in [1.82, 2.24) is 25.2 Å². The lowest BCUT2D eigenvalue weighted by Crippen LogP contribution is -2.33. The van der Waals surface area contributed by atoms with Gasteiger partial charge in [-0.25, -0.2) is 9.48 Å². The van der Waals surface area contributed by atoms with E-state index in [1.165, 1.54) is 10.9 Å². The normalized spacial score (nSPS) is 10.4. The third-order valence-corrected chi connectivity index (χ3v) is 2.23. The third-order valence-electron chi connectivity index (χ3n) is 2.23. The Kier molecular flexibility index (Phi) is 6.44. The van der Waals surface area contributed by atoms with E-state index in [9.17, 15) is 9.59 Å². The summed E-state index contributed by atoms with van der Waals surface area (Å²) in [4.78, 5) is 24.7. The number of nitrogens with zero attached hydrogens (tertiary/aromatic N) is 4. The molecule has 0 bridgehead atoms. The first-order chi connectivity index (χ1) is 9.51. The zero-order valence-corrected chi connectivity index (χ0v) is 11.9. The van der Waals surface area contributed by atoms with E-state index in [1.807, 2.05) is 19.0 Å². The first-order valence-corrected chi connectivity index (χ1v) is 6.26. The highest BCUT2D eigenvalue weighted by Crippen LogP contribution is 2.00. The Bertz CT molecular complexity index is 445. The first-order valence-electron chi connectivity index (χ1n) is 6.26. The standard InChI is InChI=1S/C11H20N6O3/c1-4-20-11(19)13-9-7-17(15-14-9)8-10(18)12-5-6-16(2)3/h7H,4-6,8H2,1-3H3,(H,12,18)(H,13,19). The van der Waals surface area contributed by atoms with E-state index < -0.39 is 6.09 Å². The molecule has 0 radical (unpaired) electrons. The predicted octanol–water partition coefficient (Wildman–Crippen LogP) is -0.476. The van der Waals surface area contributed by atoms with Crippen molar-refractivity contribution < 1.29 is 14.3 Å². The zero-order valence-electron chi connectivity index (χ0n) is 11.9. The van der Waals surface area contributed by atoms with Gasteiger partial charge in [0.05, 0.1) is 12.8 Å². The van der Waals surface area contributed by atoms with Crippen LogP contribution in [0.3, 0.4) is 0 Å². The number of ether oxygens (including phenoxy) is 1. The molecule has 1 aromatic heterocycles. The Balaban J connectivity index is 2.36. The summed E-state index contributed by atoms with van der Waals surface area (Å²) in [5, 5.41) is 12.6. The summed E-state index contributed by atoms with van der Waals surface area (Å²) in [6, 6.07) is 0. The number of rotatable bonds is 7. The molecule has 20 heavy (non-hydrogen) atoms. The van der Waals surface area contributed by atoms with Crippen LogP contribution in [-0.4, -0.2) is 65.7 Å². The Hall–Kier alpha value is -2.16. The van der Waals surface area contributed by atoms with Crippen molar-refractivity contribution in [3.05, 3.63) is 6.20 Å². The second-order valence-corrected chi connectivity index (χ2v) is 4.30. The van der Waals surface area contributed by atoms with Gasteiger partial charge in [-0.3, -0.25) is 10.1 Å². The van der Waals surface area contributed by atoms with Gasteiger partial charge in [-0.2, -0.15) is 0 Å². The number of anilines is 1. The summed E-state index contributed by atoms with van der Waals surface area (Å²) in [7, 11) is 3.85. The molecule has 0 aliphatic rings. The van der Waals surface area contributed by atoms with Crippen LogP contribution in [0.15, 0.2) is 6.20 Å². The van der Waals surface area contributed by atoms with E-state index in [-0.39, 0.29) is 24.9 Å². The molecule has 1 rings (SSSR count). The van der Waals surface area contributed by atoms with E-state index in [0.29, 0.717) is 6.54 Å². The van der Waals surface area contributed by atoms with Crippen LogP contribution in [0.25, 0.3) is 0 Å².